The molecule has 0 bridgehead atoms. The maximum absolute atomic E-state index is 12.1. The Hall–Kier alpha value is -0.260. The Morgan fingerprint density at radius 3 is 2.46 bits per heavy atom. The van der Waals surface area contributed by atoms with E-state index in [0.29, 0.717) is 10.0 Å². The van der Waals surface area contributed by atoms with Crippen molar-refractivity contribution in [3.8, 4) is 0 Å². The van der Waals surface area contributed by atoms with E-state index < -0.39 is 12.5 Å². The van der Waals surface area contributed by atoms with Gasteiger partial charge in [0.25, 0.3) is 6.43 Å². The van der Waals surface area contributed by atoms with Gasteiger partial charge in [-0.2, -0.15) is 0 Å². The smallest absolute Gasteiger partial charge is 0.257 e. The zero-order valence-electron chi connectivity index (χ0n) is 6.45. The molecule has 0 saturated carbocycles. The standard InChI is InChI=1S/C7H7BrF2N2.ClH/c8-5-1-4(2-12-3-5)6(11)7(9)10;/h1-3,6-7H,11H2;1H/t6-;/m1./s1. The molecule has 0 aliphatic carbocycles. The molecule has 1 atom stereocenters. The molecule has 0 saturated heterocycles. The van der Waals surface area contributed by atoms with Crippen molar-refractivity contribution in [2.45, 2.75) is 12.5 Å². The Morgan fingerprint density at radius 2 is 2.00 bits per heavy atom. The third-order valence-electron chi connectivity index (χ3n) is 1.38. The zero-order chi connectivity index (χ0) is 9.14. The van der Waals surface area contributed by atoms with Gasteiger partial charge in [0, 0.05) is 16.9 Å². The minimum Gasteiger partial charge on any atom is -0.319 e. The van der Waals surface area contributed by atoms with Crippen LogP contribution in [0.4, 0.5) is 8.78 Å². The van der Waals surface area contributed by atoms with Crippen LogP contribution in [0.1, 0.15) is 11.6 Å². The van der Waals surface area contributed by atoms with Crippen molar-refractivity contribution in [1.29, 1.82) is 0 Å². The number of rotatable bonds is 2. The van der Waals surface area contributed by atoms with Crippen LogP contribution in [0, 0.1) is 0 Å². The van der Waals surface area contributed by atoms with Crippen molar-refractivity contribution in [1.82, 2.24) is 4.98 Å². The average Bonchev–Trinajstić information content (AvgIpc) is 2.03. The van der Waals surface area contributed by atoms with Crippen molar-refractivity contribution in [2.75, 3.05) is 0 Å². The van der Waals surface area contributed by atoms with Gasteiger partial charge in [-0.05, 0) is 27.6 Å². The lowest BCUT2D eigenvalue weighted by Crippen LogP contribution is -2.18. The summed E-state index contributed by atoms with van der Waals surface area (Å²) in [5.41, 5.74) is 5.53. The van der Waals surface area contributed by atoms with Crippen molar-refractivity contribution in [3.63, 3.8) is 0 Å². The fourth-order valence-corrected chi connectivity index (χ4v) is 1.14. The molecule has 0 aliphatic rings. The van der Waals surface area contributed by atoms with Gasteiger partial charge in [0.15, 0.2) is 0 Å². The van der Waals surface area contributed by atoms with Gasteiger partial charge in [0.1, 0.15) is 0 Å². The summed E-state index contributed by atoms with van der Waals surface area (Å²) in [6.07, 6.45) is 0.296. The Balaban J connectivity index is 0.00000144. The molecule has 0 spiro atoms. The molecule has 1 rings (SSSR count). The molecule has 74 valence electrons. The molecule has 2 nitrogen and oxygen atoms in total. The van der Waals surface area contributed by atoms with Crippen LogP contribution in [0.15, 0.2) is 22.9 Å². The van der Waals surface area contributed by atoms with E-state index in [-0.39, 0.29) is 12.4 Å². The summed E-state index contributed by atoms with van der Waals surface area (Å²) >= 11 is 3.12. The maximum atomic E-state index is 12.1. The molecule has 0 amide bonds. The summed E-state index contributed by atoms with van der Waals surface area (Å²) in [7, 11) is 0. The zero-order valence-corrected chi connectivity index (χ0v) is 8.86. The Kier molecular flexibility index (Phi) is 5.36. The fraction of sp³-hybridized carbons (Fsp3) is 0.286. The van der Waals surface area contributed by atoms with Crippen LogP contribution in [0.2, 0.25) is 0 Å². The minimum atomic E-state index is -2.55. The first kappa shape index (κ1) is 12.7. The highest BCUT2D eigenvalue weighted by Gasteiger charge is 2.17. The summed E-state index contributed by atoms with van der Waals surface area (Å²) in [4.78, 5) is 3.73. The molecule has 0 aliphatic heterocycles. The molecular formula is C7H8BrClF2N2. The predicted octanol–water partition coefficient (Wildman–Crippen LogP) is 2.53. The van der Waals surface area contributed by atoms with Gasteiger partial charge in [-0.15, -0.1) is 12.4 Å². The molecule has 1 heterocycles. The minimum absolute atomic E-state index is 0. The molecular weight excluding hydrogens is 265 g/mol. The molecule has 0 radical (unpaired) electrons. The quantitative estimate of drug-likeness (QED) is 0.899. The Labute approximate surface area is 89.1 Å². The number of aromatic nitrogens is 1. The van der Waals surface area contributed by atoms with Gasteiger partial charge in [-0.1, -0.05) is 0 Å². The second-order valence-corrected chi connectivity index (χ2v) is 3.21. The van der Waals surface area contributed by atoms with Crippen LogP contribution >= 0.6 is 28.3 Å². The summed E-state index contributed by atoms with van der Waals surface area (Å²) < 4.78 is 24.8. The van der Waals surface area contributed by atoms with Gasteiger partial charge < -0.3 is 5.73 Å². The molecule has 0 aromatic carbocycles. The fourth-order valence-electron chi connectivity index (χ4n) is 0.756. The number of alkyl halides is 2. The molecule has 2 N–H and O–H groups in total. The van der Waals surface area contributed by atoms with Crippen molar-refractivity contribution in [3.05, 3.63) is 28.5 Å². The number of halogens is 4. The number of nitrogens with two attached hydrogens (primary N) is 1. The van der Waals surface area contributed by atoms with Crippen molar-refractivity contribution < 1.29 is 8.78 Å². The number of pyridine rings is 1. The van der Waals surface area contributed by atoms with E-state index in [1.807, 2.05) is 0 Å². The van der Waals surface area contributed by atoms with E-state index in [0.717, 1.165) is 0 Å². The highest BCUT2D eigenvalue weighted by atomic mass is 79.9. The summed E-state index contributed by atoms with van der Waals surface area (Å²) in [5, 5.41) is 0. The monoisotopic (exact) mass is 272 g/mol. The first-order valence-electron chi connectivity index (χ1n) is 3.25. The van der Waals surface area contributed by atoms with Crippen LogP contribution < -0.4 is 5.73 Å². The topological polar surface area (TPSA) is 38.9 Å². The van der Waals surface area contributed by atoms with Gasteiger partial charge >= 0.3 is 0 Å². The lowest BCUT2D eigenvalue weighted by Gasteiger charge is -2.09. The third-order valence-corrected chi connectivity index (χ3v) is 1.82. The van der Waals surface area contributed by atoms with Crippen LogP contribution in [0.5, 0.6) is 0 Å². The lowest BCUT2D eigenvalue weighted by molar-refractivity contribution is 0.116. The van der Waals surface area contributed by atoms with Gasteiger partial charge in [-0.3, -0.25) is 4.98 Å². The summed E-state index contributed by atoms with van der Waals surface area (Å²) in [5.74, 6) is 0. The molecule has 0 fully saturated rings. The van der Waals surface area contributed by atoms with E-state index in [1.165, 1.54) is 18.5 Å². The average molecular weight is 274 g/mol. The van der Waals surface area contributed by atoms with Crippen molar-refractivity contribution in [2.24, 2.45) is 5.73 Å². The third kappa shape index (κ3) is 3.54. The molecule has 1 aromatic rings. The van der Waals surface area contributed by atoms with E-state index in [1.54, 1.807) is 0 Å². The van der Waals surface area contributed by atoms with Crippen LogP contribution in [0.3, 0.4) is 0 Å². The Bertz CT molecular complexity index is 272. The molecule has 6 heteroatoms. The second-order valence-electron chi connectivity index (χ2n) is 2.30. The summed E-state index contributed by atoms with van der Waals surface area (Å²) in [6.45, 7) is 0. The van der Waals surface area contributed by atoms with Gasteiger partial charge in [0.2, 0.25) is 0 Å². The summed E-state index contributed by atoms with van der Waals surface area (Å²) in [6, 6.07) is 0.277. The first-order chi connectivity index (χ1) is 5.61. The van der Waals surface area contributed by atoms with Crippen LogP contribution in [0.25, 0.3) is 0 Å². The van der Waals surface area contributed by atoms with E-state index in [2.05, 4.69) is 20.9 Å². The highest BCUT2D eigenvalue weighted by molar-refractivity contribution is 9.10. The van der Waals surface area contributed by atoms with Gasteiger partial charge in [0.05, 0.1) is 6.04 Å². The van der Waals surface area contributed by atoms with Gasteiger partial charge in [-0.25, -0.2) is 8.78 Å². The molecule has 0 unspecified atom stereocenters. The van der Waals surface area contributed by atoms with E-state index >= 15 is 0 Å². The number of hydrogen-bond acceptors (Lipinski definition) is 2. The van der Waals surface area contributed by atoms with Crippen molar-refractivity contribution >= 4 is 28.3 Å². The SMILES string of the molecule is Cl.N[C@H](c1cncc(Br)c1)C(F)F. The van der Waals surface area contributed by atoms with E-state index in [4.69, 9.17) is 5.73 Å². The molecule has 13 heavy (non-hydrogen) atoms. The second kappa shape index (κ2) is 5.47. The van der Waals surface area contributed by atoms with Crippen LogP contribution in [-0.4, -0.2) is 11.4 Å². The number of hydrogen-bond donors (Lipinski definition) is 1. The Morgan fingerprint density at radius 1 is 1.38 bits per heavy atom. The van der Waals surface area contributed by atoms with E-state index in [9.17, 15) is 8.78 Å². The first-order valence-corrected chi connectivity index (χ1v) is 4.04. The maximum Gasteiger partial charge on any atom is 0.257 e. The predicted molar refractivity (Wildman–Crippen MR) is 52.1 cm³/mol. The normalized spacial score (nSPS) is 12.4. The molecule has 1 aromatic heterocycles. The highest BCUT2D eigenvalue weighted by Crippen LogP contribution is 2.19. The largest absolute Gasteiger partial charge is 0.319 e. The lowest BCUT2D eigenvalue weighted by atomic mass is 10.1. The van der Waals surface area contributed by atoms with Crippen LogP contribution in [-0.2, 0) is 0 Å². The number of nitrogens with zero attached hydrogens (tertiary/aromatic N) is 1.